The number of benzene rings is 1. The van der Waals surface area contributed by atoms with Crippen LogP contribution in [0.5, 0.6) is 5.75 Å². The van der Waals surface area contributed by atoms with Crippen LogP contribution in [0.1, 0.15) is 27.7 Å². The molecule has 0 radical (unpaired) electrons. The molecule has 15 heteroatoms. The molecule has 2 N–H and O–H groups in total. The van der Waals surface area contributed by atoms with E-state index in [1.165, 1.54) is 18.3 Å². The number of rotatable bonds is 9. The number of esters is 4. The van der Waals surface area contributed by atoms with Crippen molar-refractivity contribution in [1.29, 1.82) is 0 Å². The Morgan fingerprint density at radius 2 is 1.52 bits per heavy atom. The molecule has 0 unspecified atom stereocenters. The van der Waals surface area contributed by atoms with Crippen LogP contribution in [0, 0.1) is 0 Å². The van der Waals surface area contributed by atoms with E-state index < -0.39 is 54.5 Å². The van der Waals surface area contributed by atoms with Gasteiger partial charge in [-0.05, 0) is 36.5 Å². The molecule has 3 rings (SSSR count). The lowest BCUT2D eigenvalue weighted by molar-refractivity contribution is -0.254. The van der Waals surface area contributed by atoms with Gasteiger partial charge in [0, 0.05) is 38.6 Å². The number of ether oxygens (including phenoxy) is 6. The van der Waals surface area contributed by atoms with Gasteiger partial charge in [-0.25, -0.2) is 4.98 Å². The maximum atomic E-state index is 12.0. The van der Waals surface area contributed by atoms with Gasteiger partial charge in [0.25, 0.3) is 0 Å². The van der Waals surface area contributed by atoms with Gasteiger partial charge in [-0.1, -0.05) is 0 Å². The zero-order valence-electron chi connectivity index (χ0n) is 22.3. The Bertz CT molecular complexity index is 1240. The summed E-state index contributed by atoms with van der Waals surface area (Å²) in [5.74, 6) is -2.08. The summed E-state index contributed by atoms with van der Waals surface area (Å²) in [6.45, 7) is 4.28. The molecular formula is C25H29N3O10S2. The van der Waals surface area contributed by atoms with Crippen LogP contribution >= 0.6 is 23.6 Å². The number of nitrogens with one attached hydrogen (secondary N) is 2. The first-order valence-corrected chi connectivity index (χ1v) is 13.2. The SMILES string of the molecule is COc1ccc(-c2csc(NC(=S)N[C@@H]3O[C@H](COC(C)=O)[C@@H](OC(C)=O)[C@H](OC(C)=O)[C@H]3OC(C)=O)n2)cc1. The Balaban J connectivity index is 1.82. The van der Waals surface area contributed by atoms with E-state index in [9.17, 15) is 19.2 Å². The highest BCUT2D eigenvalue weighted by atomic mass is 32.1. The van der Waals surface area contributed by atoms with E-state index in [1.807, 2.05) is 29.6 Å². The zero-order valence-corrected chi connectivity index (χ0v) is 24.0. The summed E-state index contributed by atoms with van der Waals surface area (Å²) in [5.41, 5.74) is 1.56. The minimum Gasteiger partial charge on any atom is -0.497 e. The molecular weight excluding hydrogens is 566 g/mol. The van der Waals surface area contributed by atoms with Gasteiger partial charge in [-0.3, -0.25) is 19.2 Å². The molecule has 2 aromatic rings. The Morgan fingerprint density at radius 3 is 2.10 bits per heavy atom. The minimum atomic E-state index is -1.32. The number of nitrogens with zero attached hydrogens (tertiary/aromatic N) is 1. The third-order valence-corrected chi connectivity index (χ3v) is 6.35. The van der Waals surface area contributed by atoms with Crippen LogP contribution in [0.25, 0.3) is 11.3 Å². The Morgan fingerprint density at radius 1 is 0.925 bits per heavy atom. The lowest BCUT2D eigenvalue weighted by Crippen LogP contribution is -2.66. The van der Waals surface area contributed by atoms with Crippen LogP contribution in [0.2, 0.25) is 0 Å². The molecule has 13 nitrogen and oxygen atoms in total. The van der Waals surface area contributed by atoms with Crippen molar-refractivity contribution < 1.29 is 47.6 Å². The number of thiocarbonyl (C=S) groups is 1. The topological polar surface area (TPSA) is 161 Å². The first kappa shape index (κ1) is 30.7. The maximum Gasteiger partial charge on any atom is 0.303 e. The minimum absolute atomic E-state index is 0.0385. The number of aromatic nitrogens is 1. The molecule has 5 atom stereocenters. The predicted octanol–water partition coefficient (Wildman–Crippen LogP) is 2.19. The van der Waals surface area contributed by atoms with Crippen molar-refractivity contribution in [2.75, 3.05) is 19.0 Å². The van der Waals surface area contributed by atoms with E-state index >= 15 is 0 Å². The number of carbonyl (C=O) groups excluding carboxylic acids is 4. The molecule has 0 aliphatic carbocycles. The van der Waals surface area contributed by atoms with Gasteiger partial charge < -0.3 is 39.1 Å². The molecule has 0 amide bonds. The number of thiazole rings is 1. The van der Waals surface area contributed by atoms with Gasteiger partial charge in [0.2, 0.25) is 0 Å². The van der Waals surface area contributed by atoms with E-state index in [-0.39, 0.29) is 11.7 Å². The van der Waals surface area contributed by atoms with E-state index in [0.717, 1.165) is 26.3 Å². The Labute approximate surface area is 239 Å². The van der Waals surface area contributed by atoms with Crippen LogP contribution < -0.4 is 15.4 Å². The first-order chi connectivity index (χ1) is 19.0. The van der Waals surface area contributed by atoms with Crippen molar-refractivity contribution in [2.45, 2.75) is 58.3 Å². The summed E-state index contributed by atoms with van der Waals surface area (Å²) in [4.78, 5) is 51.8. The molecule has 1 aliphatic rings. The first-order valence-electron chi connectivity index (χ1n) is 11.9. The van der Waals surface area contributed by atoms with Crippen LogP contribution in [0.4, 0.5) is 5.13 Å². The van der Waals surface area contributed by atoms with Crippen molar-refractivity contribution in [2.24, 2.45) is 0 Å². The Hall–Kier alpha value is -3.82. The Kier molecular flexibility index (Phi) is 10.8. The van der Waals surface area contributed by atoms with E-state index in [0.29, 0.717) is 16.6 Å². The van der Waals surface area contributed by atoms with Gasteiger partial charge in [0.15, 0.2) is 34.8 Å². The van der Waals surface area contributed by atoms with Gasteiger partial charge >= 0.3 is 23.9 Å². The molecule has 1 aromatic carbocycles. The van der Waals surface area contributed by atoms with Crippen LogP contribution in [-0.2, 0) is 42.9 Å². The van der Waals surface area contributed by atoms with E-state index in [2.05, 4.69) is 15.6 Å². The predicted molar refractivity (Wildman–Crippen MR) is 145 cm³/mol. The van der Waals surface area contributed by atoms with Crippen LogP contribution in [0.15, 0.2) is 29.6 Å². The second-order valence-electron chi connectivity index (χ2n) is 8.48. The van der Waals surface area contributed by atoms with Crippen molar-refractivity contribution in [3.8, 4) is 17.0 Å². The third-order valence-electron chi connectivity index (χ3n) is 5.37. The molecule has 1 saturated heterocycles. The number of hydrogen-bond donors (Lipinski definition) is 2. The monoisotopic (exact) mass is 595 g/mol. The lowest BCUT2D eigenvalue weighted by atomic mass is 9.97. The lowest BCUT2D eigenvalue weighted by Gasteiger charge is -2.44. The number of hydrogen-bond acceptors (Lipinski definition) is 13. The molecule has 0 spiro atoms. The summed E-state index contributed by atoms with van der Waals surface area (Å²) in [7, 11) is 1.58. The van der Waals surface area contributed by atoms with Gasteiger partial charge in [0.1, 0.15) is 18.5 Å². The number of methoxy groups -OCH3 is 1. The highest BCUT2D eigenvalue weighted by Gasteiger charge is 2.52. The largest absolute Gasteiger partial charge is 0.497 e. The molecule has 1 fully saturated rings. The third kappa shape index (κ3) is 8.59. The molecule has 1 aliphatic heterocycles. The summed E-state index contributed by atoms with van der Waals surface area (Å²) in [5, 5.41) is 8.15. The second-order valence-corrected chi connectivity index (χ2v) is 9.75. The highest BCUT2D eigenvalue weighted by molar-refractivity contribution is 7.80. The fraction of sp³-hybridized carbons (Fsp3) is 0.440. The molecule has 0 bridgehead atoms. The summed E-state index contributed by atoms with van der Waals surface area (Å²) in [6.07, 6.45) is -6.20. The second kappa shape index (κ2) is 14.0. The van der Waals surface area contributed by atoms with Crippen molar-refractivity contribution in [3.05, 3.63) is 29.6 Å². The highest BCUT2D eigenvalue weighted by Crippen LogP contribution is 2.29. The van der Waals surface area contributed by atoms with E-state index in [1.54, 1.807) is 7.11 Å². The quantitative estimate of drug-likeness (QED) is 0.247. The number of carbonyl (C=O) groups is 4. The summed E-state index contributed by atoms with van der Waals surface area (Å²) >= 11 is 6.73. The molecule has 216 valence electrons. The standard InChI is InChI=1S/C25H29N3O10S2/c1-12(29)34-10-19-20(35-13(2)30)21(36-14(3)31)22(37-15(4)32)23(38-19)27-24(39)28-25-26-18(11-40-25)16-6-8-17(33-5)9-7-16/h6-9,11,19-23H,10H2,1-5H3,(H2,26,27,28,39)/t19-,20-,21+,22-,23-/m1/s1. The van der Waals surface area contributed by atoms with Crippen LogP contribution in [0.3, 0.4) is 0 Å². The zero-order chi connectivity index (χ0) is 29.4. The van der Waals surface area contributed by atoms with Crippen molar-refractivity contribution in [1.82, 2.24) is 10.3 Å². The van der Waals surface area contributed by atoms with Gasteiger partial charge in [0.05, 0.1) is 12.8 Å². The van der Waals surface area contributed by atoms with E-state index in [4.69, 9.17) is 40.6 Å². The number of anilines is 1. The van der Waals surface area contributed by atoms with Crippen molar-refractivity contribution in [3.63, 3.8) is 0 Å². The molecule has 0 saturated carbocycles. The van der Waals surface area contributed by atoms with Crippen molar-refractivity contribution >= 4 is 57.7 Å². The van der Waals surface area contributed by atoms with Crippen LogP contribution in [-0.4, -0.2) is 78.3 Å². The maximum absolute atomic E-state index is 12.0. The van der Waals surface area contributed by atoms with Gasteiger partial charge in [-0.15, -0.1) is 11.3 Å². The van der Waals surface area contributed by atoms with Gasteiger partial charge in [-0.2, -0.15) is 0 Å². The molecule has 40 heavy (non-hydrogen) atoms. The molecule has 1 aromatic heterocycles. The average molecular weight is 596 g/mol. The summed E-state index contributed by atoms with van der Waals surface area (Å²) in [6, 6.07) is 7.37. The normalized spacial score (nSPS) is 21.9. The fourth-order valence-corrected chi connectivity index (χ4v) is 4.83. The smallest absolute Gasteiger partial charge is 0.303 e. The molecule has 2 heterocycles. The summed E-state index contributed by atoms with van der Waals surface area (Å²) < 4.78 is 32.4. The fourth-order valence-electron chi connectivity index (χ4n) is 3.83. The average Bonchev–Trinajstić information content (AvgIpc) is 3.34.